The summed E-state index contributed by atoms with van der Waals surface area (Å²) in [6, 6.07) is 5.33. The van der Waals surface area contributed by atoms with Gasteiger partial charge in [-0.25, -0.2) is 0 Å². The summed E-state index contributed by atoms with van der Waals surface area (Å²) in [5.74, 6) is -0.123. The summed E-state index contributed by atoms with van der Waals surface area (Å²) >= 11 is 10.4. The van der Waals surface area contributed by atoms with Crippen molar-refractivity contribution < 1.29 is 4.79 Å². The Morgan fingerprint density at radius 3 is 2.94 bits per heavy atom. The first-order valence-electron chi connectivity index (χ1n) is 4.78. The maximum atomic E-state index is 11.7. The maximum Gasteiger partial charge on any atom is 0.261 e. The summed E-state index contributed by atoms with van der Waals surface area (Å²) in [5, 5.41) is 2.81. The standard InChI is InChI=1S/C11H8BrClN2OS/c12-8-3-7(4-14-6-8)5-15-11(16)9-1-2-10(13)17-9/h1-4,6H,5H2,(H,15,16). The number of aromatic nitrogens is 1. The van der Waals surface area contributed by atoms with E-state index in [9.17, 15) is 4.79 Å². The lowest BCUT2D eigenvalue weighted by Gasteiger charge is -2.03. The zero-order chi connectivity index (χ0) is 12.3. The van der Waals surface area contributed by atoms with E-state index in [0.717, 1.165) is 10.0 Å². The summed E-state index contributed by atoms with van der Waals surface area (Å²) in [7, 11) is 0. The fourth-order valence-electron chi connectivity index (χ4n) is 1.26. The number of nitrogens with zero attached hydrogens (tertiary/aromatic N) is 1. The molecule has 17 heavy (non-hydrogen) atoms. The number of rotatable bonds is 3. The first-order chi connectivity index (χ1) is 8.15. The Hall–Kier alpha value is -0.910. The number of hydrogen-bond acceptors (Lipinski definition) is 3. The van der Waals surface area contributed by atoms with E-state index in [1.54, 1.807) is 24.5 Å². The smallest absolute Gasteiger partial charge is 0.261 e. The molecule has 0 aliphatic carbocycles. The molecule has 2 rings (SSSR count). The molecule has 0 aromatic carbocycles. The van der Waals surface area contributed by atoms with Gasteiger partial charge in [-0.2, -0.15) is 0 Å². The number of carbonyl (C=O) groups is 1. The molecule has 88 valence electrons. The van der Waals surface area contributed by atoms with Crippen LogP contribution in [-0.4, -0.2) is 10.9 Å². The highest BCUT2D eigenvalue weighted by Crippen LogP contribution is 2.21. The lowest BCUT2D eigenvalue weighted by molar-refractivity contribution is 0.0955. The molecule has 1 N–H and O–H groups in total. The van der Waals surface area contributed by atoms with Gasteiger partial charge in [0.15, 0.2) is 0 Å². The highest BCUT2D eigenvalue weighted by Gasteiger charge is 2.08. The molecule has 0 aliphatic rings. The van der Waals surface area contributed by atoms with Crippen LogP contribution in [0.1, 0.15) is 15.2 Å². The predicted molar refractivity (Wildman–Crippen MR) is 72.4 cm³/mol. The second-order valence-electron chi connectivity index (χ2n) is 3.30. The Kier molecular flexibility index (Phi) is 4.15. The number of amides is 1. The van der Waals surface area contributed by atoms with E-state index in [1.165, 1.54) is 11.3 Å². The fourth-order valence-corrected chi connectivity index (χ4v) is 2.63. The molecule has 0 fully saturated rings. The van der Waals surface area contributed by atoms with Gasteiger partial charge in [-0.15, -0.1) is 11.3 Å². The molecule has 0 bridgehead atoms. The van der Waals surface area contributed by atoms with E-state index in [-0.39, 0.29) is 5.91 Å². The second-order valence-corrected chi connectivity index (χ2v) is 5.93. The lowest BCUT2D eigenvalue weighted by atomic mass is 10.3. The average molecular weight is 332 g/mol. The zero-order valence-corrected chi connectivity index (χ0v) is 11.8. The molecule has 2 heterocycles. The van der Waals surface area contributed by atoms with Crippen molar-refractivity contribution in [2.45, 2.75) is 6.54 Å². The number of carbonyl (C=O) groups excluding carboxylic acids is 1. The first kappa shape index (κ1) is 12.5. The number of hydrogen-bond donors (Lipinski definition) is 1. The van der Waals surface area contributed by atoms with Crippen molar-refractivity contribution in [3.8, 4) is 0 Å². The van der Waals surface area contributed by atoms with Gasteiger partial charge in [-0.1, -0.05) is 11.6 Å². The summed E-state index contributed by atoms with van der Waals surface area (Å²) in [6.07, 6.45) is 3.41. The highest BCUT2D eigenvalue weighted by molar-refractivity contribution is 9.10. The van der Waals surface area contributed by atoms with Crippen LogP contribution in [0.5, 0.6) is 0 Å². The van der Waals surface area contributed by atoms with Gasteiger partial charge in [0, 0.05) is 23.4 Å². The second kappa shape index (κ2) is 5.62. The number of thiophene rings is 1. The molecule has 0 saturated heterocycles. The van der Waals surface area contributed by atoms with Gasteiger partial charge in [0.25, 0.3) is 5.91 Å². The maximum absolute atomic E-state index is 11.7. The van der Waals surface area contributed by atoms with E-state index < -0.39 is 0 Å². The number of pyridine rings is 1. The van der Waals surface area contributed by atoms with Crippen molar-refractivity contribution in [2.24, 2.45) is 0 Å². The van der Waals surface area contributed by atoms with Crippen molar-refractivity contribution in [2.75, 3.05) is 0 Å². The van der Waals surface area contributed by atoms with Crippen molar-refractivity contribution in [3.05, 3.63) is 49.8 Å². The van der Waals surface area contributed by atoms with Crippen LogP contribution in [0, 0.1) is 0 Å². The topological polar surface area (TPSA) is 42.0 Å². The first-order valence-corrected chi connectivity index (χ1v) is 6.77. The molecule has 1 amide bonds. The van der Waals surface area contributed by atoms with Gasteiger partial charge in [0.1, 0.15) is 0 Å². The zero-order valence-electron chi connectivity index (χ0n) is 8.61. The molecule has 6 heteroatoms. The molecule has 2 aromatic rings. The Morgan fingerprint density at radius 2 is 2.29 bits per heavy atom. The van der Waals surface area contributed by atoms with Crippen LogP contribution in [0.25, 0.3) is 0 Å². The van der Waals surface area contributed by atoms with Crippen LogP contribution in [0.3, 0.4) is 0 Å². The summed E-state index contributed by atoms with van der Waals surface area (Å²) in [6.45, 7) is 0.445. The largest absolute Gasteiger partial charge is 0.347 e. The van der Waals surface area contributed by atoms with E-state index in [4.69, 9.17) is 11.6 Å². The minimum absolute atomic E-state index is 0.123. The molecule has 0 radical (unpaired) electrons. The summed E-state index contributed by atoms with van der Waals surface area (Å²) in [4.78, 5) is 16.4. The predicted octanol–water partition coefficient (Wildman–Crippen LogP) is 3.49. The molecule has 0 aliphatic heterocycles. The third-order valence-electron chi connectivity index (χ3n) is 2.01. The fraction of sp³-hybridized carbons (Fsp3) is 0.0909. The van der Waals surface area contributed by atoms with Gasteiger partial charge >= 0.3 is 0 Å². The van der Waals surface area contributed by atoms with Crippen molar-refractivity contribution in [1.29, 1.82) is 0 Å². The molecular weight excluding hydrogens is 324 g/mol. The average Bonchev–Trinajstić information content (AvgIpc) is 2.73. The van der Waals surface area contributed by atoms with Gasteiger partial charge in [-0.05, 0) is 39.7 Å². The van der Waals surface area contributed by atoms with Crippen LogP contribution < -0.4 is 5.32 Å². The molecule has 0 saturated carbocycles. The van der Waals surface area contributed by atoms with Crippen LogP contribution in [0.15, 0.2) is 35.1 Å². The van der Waals surface area contributed by atoms with Crippen LogP contribution in [-0.2, 0) is 6.54 Å². The van der Waals surface area contributed by atoms with E-state index >= 15 is 0 Å². The normalized spacial score (nSPS) is 10.2. The number of nitrogens with one attached hydrogen (secondary N) is 1. The molecule has 0 atom stereocenters. The van der Waals surface area contributed by atoms with E-state index in [1.807, 2.05) is 6.07 Å². The lowest BCUT2D eigenvalue weighted by Crippen LogP contribution is -2.21. The molecule has 2 aromatic heterocycles. The highest BCUT2D eigenvalue weighted by atomic mass is 79.9. The van der Waals surface area contributed by atoms with Gasteiger partial charge in [-0.3, -0.25) is 9.78 Å². The van der Waals surface area contributed by atoms with Crippen LogP contribution >= 0.6 is 38.9 Å². The van der Waals surface area contributed by atoms with Gasteiger partial charge in [0.05, 0.1) is 9.21 Å². The Bertz CT molecular complexity index is 544. The summed E-state index contributed by atoms with van der Waals surface area (Å²) < 4.78 is 1.50. The van der Waals surface area contributed by atoms with E-state index in [0.29, 0.717) is 15.8 Å². The Balaban J connectivity index is 1.97. The molecule has 0 spiro atoms. The monoisotopic (exact) mass is 330 g/mol. The Morgan fingerprint density at radius 1 is 1.47 bits per heavy atom. The van der Waals surface area contributed by atoms with Crippen molar-refractivity contribution >= 4 is 44.8 Å². The Labute approximate surface area is 116 Å². The third kappa shape index (κ3) is 3.52. The van der Waals surface area contributed by atoms with Crippen LogP contribution in [0.4, 0.5) is 0 Å². The minimum atomic E-state index is -0.123. The third-order valence-corrected chi connectivity index (χ3v) is 3.68. The van der Waals surface area contributed by atoms with Crippen molar-refractivity contribution in [1.82, 2.24) is 10.3 Å². The van der Waals surface area contributed by atoms with E-state index in [2.05, 4.69) is 26.2 Å². The number of halogens is 2. The quantitative estimate of drug-likeness (QED) is 0.935. The summed E-state index contributed by atoms with van der Waals surface area (Å²) in [5.41, 5.74) is 0.940. The molecule has 0 unspecified atom stereocenters. The van der Waals surface area contributed by atoms with Crippen LogP contribution in [0.2, 0.25) is 4.34 Å². The van der Waals surface area contributed by atoms with Gasteiger partial charge in [0.2, 0.25) is 0 Å². The molecule has 3 nitrogen and oxygen atoms in total. The van der Waals surface area contributed by atoms with Gasteiger partial charge < -0.3 is 5.32 Å². The SMILES string of the molecule is O=C(NCc1cncc(Br)c1)c1ccc(Cl)s1. The van der Waals surface area contributed by atoms with Crippen molar-refractivity contribution in [3.63, 3.8) is 0 Å². The minimum Gasteiger partial charge on any atom is -0.347 e. The molecular formula is C11H8BrClN2OS.